The van der Waals surface area contributed by atoms with Crippen molar-refractivity contribution in [1.29, 1.82) is 0 Å². The molecule has 0 spiro atoms. The number of rotatable bonds is 6. The molecule has 0 aliphatic heterocycles. The van der Waals surface area contributed by atoms with Crippen molar-refractivity contribution in [2.75, 3.05) is 12.3 Å². The van der Waals surface area contributed by atoms with E-state index in [0.29, 0.717) is 24.1 Å². The highest BCUT2D eigenvalue weighted by atomic mass is 32.2. The van der Waals surface area contributed by atoms with E-state index in [2.05, 4.69) is 10.4 Å². The highest BCUT2D eigenvalue weighted by molar-refractivity contribution is 8.00. The summed E-state index contributed by atoms with van der Waals surface area (Å²) in [6, 6.07) is 5.81. The number of fused-ring (bicyclic) bond motifs is 1. The number of carbonyl (C=O) groups excluding carboxylic acids is 1. The van der Waals surface area contributed by atoms with Crippen LogP contribution in [0.3, 0.4) is 0 Å². The molecule has 0 unspecified atom stereocenters. The SMILES string of the molecule is O=C(CSc1ccc(F)cc1)NCCn1nc(C(F)(F)F)c2c1CCCC2. The molecule has 2 aromatic rings. The van der Waals surface area contributed by atoms with Crippen molar-refractivity contribution >= 4 is 17.7 Å². The van der Waals surface area contributed by atoms with Gasteiger partial charge < -0.3 is 5.32 Å². The Balaban J connectivity index is 1.53. The van der Waals surface area contributed by atoms with Crippen LogP contribution in [-0.4, -0.2) is 28.0 Å². The molecular weight excluding hydrogens is 382 g/mol. The molecule has 3 rings (SSSR count). The fraction of sp³-hybridized carbons (Fsp3) is 0.444. The van der Waals surface area contributed by atoms with Crippen LogP contribution >= 0.6 is 11.8 Å². The third-order valence-corrected chi connectivity index (χ3v) is 5.37. The number of hydrogen-bond donors (Lipinski definition) is 1. The first-order chi connectivity index (χ1) is 12.8. The van der Waals surface area contributed by atoms with Crippen molar-refractivity contribution in [3.63, 3.8) is 0 Å². The minimum atomic E-state index is -4.46. The molecule has 0 radical (unpaired) electrons. The Hall–Kier alpha value is -2.03. The first-order valence-corrected chi connectivity index (χ1v) is 9.64. The summed E-state index contributed by atoms with van der Waals surface area (Å²) in [6.45, 7) is 0.402. The third kappa shape index (κ3) is 5.03. The summed E-state index contributed by atoms with van der Waals surface area (Å²) < 4.78 is 53.7. The maximum absolute atomic E-state index is 13.2. The molecule has 1 aliphatic rings. The monoisotopic (exact) mass is 401 g/mol. The van der Waals surface area contributed by atoms with Crippen molar-refractivity contribution in [3.05, 3.63) is 47.0 Å². The van der Waals surface area contributed by atoms with Gasteiger partial charge in [-0.15, -0.1) is 11.8 Å². The van der Waals surface area contributed by atoms with E-state index in [4.69, 9.17) is 0 Å². The van der Waals surface area contributed by atoms with E-state index < -0.39 is 11.9 Å². The van der Waals surface area contributed by atoms with Crippen LogP contribution in [0, 0.1) is 5.82 Å². The lowest BCUT2D eigenvalue weighted by atomic mass is 9.95. The second-order valence-electron chi connectivity index (χ2n) is 6.29. The number of halogens is 4. The summed E-state index contributed by atoms with van der Waals surface area (Å²) >= 11 is 1.26. The van der Waals surface area contributed by atoms with Gasteiger partial charge in [-0.2, -0.15) is 18.3 Å². The van der Waals surface area contributed by atoms with Crippen LogP contribution in [-0.2, 0) is 30.4 Å². The van der Waals surface area contributed by atoms with Crippen LogP contribution in [0.15, 0.2) is 29.2 Å². The lowest BCUT2D eigenvalue weighted by Gasteiger charge is -2.15. The minimum absolute atomic E-state index is 0.149. The van der Waals surface area contributed by atoms with E-state index in [9.17, 15) is 22.4 Å². The van der Waals surface area contributed by atoms with Gasteiger partial charge in [-0.3, -0.25) is 9.48 Å². The molecule has 9 heteroatoms. The Kier molecular flexibility index (Phi) is 6.08. The summed E-state index contributed by atoms with van der Waals surface area (Å²) in [6.07, 6.45) is -1.91. The summed E-state index contributed by atoms with van der Waals surface area (Å²) in [5.41, 5.74) is 0.130. The lowest BCUT2D eigenvalue weighted by molar-refractivity contribution is -0.142. The molecule has 1 aromatic heterocycles. The first kappa shape index (κ1) is 19.7. The first-order valence-electron chi connectivity index (χ1n) is 8.65. The number of nitrogens with one attached hydrogen (secondary N) is 1. The van der Waals surface area contributed by atoms with Gasteiger partial charge in [-0.05, 0) is 49.9 Å². The Morgan fingerprint density at radius 2 is 1.89 bits per heavy atom. The summed E-state index contributed by atoms with van der Waals surface area (Å²) in [4.78, 5) is 12.7. The van der Waals surface area contributed by atoms with E-state index in [1.165, 1.54) is 28.6 Å². The van der Waals surface area contributed by atoms with Crippen LogP contribution < -0.4 is 5.32 Å². The Labute approximate surface area is 158 Å². The van der Waals surface area contributed by atoms with Gasteiger partial charge in [0.15, 0.2) is 5.69 Å². The number of nitrogens with zero attached hydrogens (tertiary/aromatic N) is 2. The second-order valence-corrected chi connectivity index (χ2v) is 7.34. The normalized spacial score (nSPS) is 14.1. The zero-order valence-corrected chi connectivity index (χ0v) is 15.3. The second kappa shape index (κ2) is 8.33. The van der Waals surface area contributed by atoms with Gasteiger partial charge in [-0.1, -0.05) is 0 Å². The number of hydrogen-bond acceptors (Lipinski definition) is 3. The van der Waals surface area contributed by atoms with Gasteiger partial charge in [0.25, 0.3) is 0 Å². The molecule has 27 heavy (non-hydrogen) atoms. The average Bonchev–Trinajstić information content (AvgIpc) is 3.01. The van der Waals surface area contributed by atoms with Crippen LogP contribution in [0.2, 0.25) is 0 Å². The maximum Gasteiger partial charge on any atom is 0.435 e. The fourth-order valence-electron chi connectivity index (χ4n) is 3.12. The molecule has 0 bridgehead atoms. The maximum atomic E-state index is 13.2. The van der Waals surface area contributed by atoms with Gasteiger partial charge in [0, 0.05) is 22.7 Å². The van der Waals surface area contributed by atoms with Crippen molar-refractivity contribution < 1.29 is 22.4 Å². The van der Waals surface area contributed by atoms with E-state index in [1.807, 2.05) is 0 Å². The molecule has 0 atom stereocenters. The van der Waals surface area contributed by atoms with Gasteiger partial charge in [-0.25, -0.2) is 4.39 Å². The topological polar surface area (TPSA) is 46.9 Å². The standard InChI is InChI=1S/C18H19F4N3OS/c19-12-5-7-13(8-6-12)27-11-16(26)23-9-10-25-15-4-2-1-3-14(15)17(24-25)18(20,21)22/h5-8H,1-4,9-11H2,(H,23,26). The third-order valence-electron chi connectivity index (χ3n) is 4.35. The van der Waals surface area contributed by atoms with Gasteiger partial charge in [0.05, 0.1) is 12.3 Å². The van der Waals surface area contributed by atoms with E-state index in [0.717, 1.165) is 17.7 Å². The summed E-state index contributed by atoms with van der Waals surface area (Å²) in [5, 5.41) is 6.45. The molecule has 0 saturated carbocycles. The number of carbonyl (C=O) groups is 1. The van der Waals surface area contributed by atoms with E-state index in [-0.39, 0.29) is 30.6 Å². The number of amides is 1. The molecule has 1 aliphatic carbocycles. The predicted molar refractivity (Wildman–Crippen MR) is 94.0 cm³/mol. The van der Waals surface area contributed by atoms with Crippen molar-refractivity contribution in [2.24, 2.45) is 0 Å². The molecule has 146 valence electrons. The van der Waals surface area contributed by atoms with E-state index >= 15 is 0 Å². The number of aromatic nitrogens is 2. The molecule has 1 amide bonds. The summed E-state index contributed by atoms with van der Waals surface area (Å²) in [7, 11) is 0. The number of thioether (sulfide) groups is 1. The molecule has 1 heterocycles. The lowest BCUT2D eigenvalue weighted by Crippen LogP contribution is -2.29. The molecule has 0 fully saturated rings. The van der Waals surface area contributed by atoms with Gasteiger partial charge in [0.1, 0.15) is 5.82 Å². The van der Waals surface area contributed by atoms with Gasteiger partial charge >= 0.3 is 6.18 Å². The number of benzene rings is 1. The zero-order valence-electron chi connectivity index (χ0n) is 14.5. The highest BCUT2D eigenvalue weighted by Gasteiger charge is 2.39. The largest absolute Gasteiger partial charge is 0.435 e. The summed E-state index contributed by atoms with van der Waals surface area (Å²) in [5.74, 6) is -0.428. The van der Waals surface area contributed by atoms with Crippen LogP contribution in [0.1, 0.15) is 29.8 Å². The molecule has 0 saturated heterocycles. The van der Waals surface area contributed by atoms with Crippen LogP contribution in [0.4, 0.5) is 17.6 Å². The predicted octanol–water partition coefficient (Wildman–Crippen LogP) is 3.83. The van der Waals surface area contributed by atoms with Crippen molar-refractivity contribution in [1.82, 2.24) is 15.1 Å². The van der Waals surface area contributed by atoms with Crippen molar-refractivity contribution in [3.8, 4) is 0 Å². The highest BCUT2D eigenvalue weighted by Crippen LogP contribution is 2.35. The van der Waals surface area contributed by atoms with E-state index in [1.54, 1.807) is 12.1 Å². The Bertz CT molecular complexity index is 802. The smallest absolute Gasteiger partial charge is 0.354 e. The van der Waals surface area contributed by atoms with Crippen molar-refractivity contribution in [2.45, 2.75) is 43.3 Å². The Morgan fingerprint density at radius 3 is 2.59 bits per heavy atom. The fourth-order valence-corrected chi connectivity index (χ4v) is 3.84. The molecule has 4 nitrogen and oxygen atoms in total. The Morgan fingerprint density at radius 1 is 1.19 bits per heavy atom. The van der Waals surface area contributed by atoms with Gasteiger partial charge in [0.2, 0.25) is 5.91 Å². The quantitative estimate of drug-likeness (QED) is 0.591. The molecule has 1 N–H and O–H groups in total. The van der Waals surface area contributed by atoms with Crippen LogP contribution in [0.25, 0.3) is 0 Å². The molecular formula is C18H19F4N3OS. The minimum Gasteiger partial charge on any atom is -0.354 e. The van der Waals surface area contributed by atoms with Crippen LogP contribution in [0.5, 0.6) is 0 Å². The molecule has 1 aromatic carbocycles. The average molecular weight is 401 g/mol. The zero-order chi connectivity index (χ0) is 19.4. The number of alkyl halides is 3.